The minimum absolute atomic E-state index is 0.00639. The Kier molecular flexibility index (Phi) is 2.43. The number of epoxide rings is 1. The molecule has 1 aliphatic heterocycles. The molecular formula is C6H9O5-. The second-order valence-corrected chi connectivity index (χ2v) is 2.47. The fourth-order valence-electron chi connectivity index (χ4n) is 0.863. The number of hydrogen-bond donors (Lipinski definition) is 2. The largest absolute Gasteiger partial charge is 0.547 e. The molecule has 0 amide bonds. The molecule has 0 unspecified atom stereocenters. The van der Waals surface area contributed by atoms with Crippen LogP contribution in [0.2, 0.25) is 0 Å². The first-order valence-corrected chi connectivity index (χ1v) is 3.30. The Hall–Kier alpha value is -0.650. The van der Waals surface area contributed by atoms with Crippen molar-refractivity contribution in [1.29, 1.82) is 0 Å². The minimum Gasteiger partial charge on any atom is -0.547 e. The van der Waals surface area contributed by atoms with Crippen molar-refractivity contribution in [1.82, 2.24) is 0 Å². The molecule has 0 aromatic heterocycles. The van der Waals surface area contributed by atoms with Crippen LogP contribution in [0.3, 0.4) is 0 Å². The molecule has 0 spiro atoms. The van der Waals surface area contributed by atoms with Gasteiger partial charge in [0.2, 0.25) is 0 Å². The molecule has 11 heavy (non-hydrogen) atoms. The Balaban J connectivity index is 2.18. The topological polar surface area (TPSA) is 93.1 Å². The number of aliphatic hydroxyl groups excluding tert-OH is 2. The van der Waals surface area contributed by atoms with Gasteiger partial charge >= 0.3 is 0 Å². The second kappa shape index (κ2) is 3.17. The van der Waals surface area contributed by atoms with Crippen LogP contribution in [0.1, 0.15) is 6.42 Å². The van der Waals surface area contributed by atoms with Crippen LogP contribution in [-0.2, 0) is 9.53 Å². The van der Waals surface area contributed by atoms with Crippen LogP contribution in [0.25, 0.3) is 0 Å². The van der Waals surface area contributed by atoms with E-state index in [-0.39, 0.29) is 25.2 Å². The average molecular weight is 161 g/mol. The number of carbonyl (C=O) groups excluding carboxylic acids is 1. The molecule has 0 radical (unpaired) electrons. The van der Waals surface area contributed by atoms with Gasteiger partial charge in [-0.05, 0) is 0 Å². The molecular weight excluding hydrogens is 152 g/mol. The van der Waals surface area contributed by atoms with Gasteiger partial charge in [0.25, 0.3) is 0 Å². The summed E-state index contributed by atoms with van der Waals surface area (Å²) >= 11 is 0. The number of hydrogen-bond acceptors (Lipinski definition) is 5. The summed E-state index contributed by atoms with van der Waals surface area (Å²) in [6.07, 6.45) is -2.12. The smallest absolute Gasteiger partial charge is 0.107 e. The van der Waals surface area contributed by atoms with Gasteiger partial charge in [0.05, 0.1) is 24.8 Å². The summed E-state index contributed by atoms with van der Waals surface area (Å²) < 4.78 is 4.79. The maximum Gasteiger partial charge on any atom is 0.107 e. The summed E-state index contributed by atoms with van der Waals surface area (Å²) in [7, 11) is 0. The molecule has 5 heteroatoms. The monoisotopic (exact) mass is 161 g/mol. The average Bonchev–Trinajstić information content (AvgIpc) is 2.67. The Morgan fingerprint density at radius 3 is 2.64 bits per heavy atom. The van der Waals surface area contributed by atoms with E-state index in [1.807, 2.05) is 0 Å². The molecule has 0 aromatic rings. The minimum atomic E-state index is -1.50. The summed E-state index contributed by atoms with van der Waals surface area (Å²) in [5.41, 5.74) is 0. The lowest BCUT2D eigenvalue weighted by atomic mass is 10.1. The van der Waals surface area contributed by atoms with Crippen LogP contribution < -0.4 is 5.11 Å². The van der Waals surface area contributed by atoms with E-state index >= 15 is 0 Å². The lowest BCUT2D eigenvalue weighted by molar-refractivity contribution is -0.315. The fourth-order valence-corrected chi connectivity index (χ4v) is 0.863. The van der Waals surface area contributed by atoms with E-state index in [9.17, 15) is 9.90 Å². The number of ether oxygens (including phenoxy) is 1. The third-order valence-electron chi connectivity index (χ3n) is 1.60. The highest BCUT2D eigenvalue weighted by Crippen LogP contribution is 2.25. The van der Waals surface area contributed by atoms with Gasteiger partial charge in [-0.25, -0.2) is 0 Å². The van der Waals surface area contributed by atoms with Crippen LogP contribution in [0.15, 0.2) is 0 Å². The van der Waals surface area contributed by atoms with Gasteiger partial charge in [-0.15, -0.1) is 0 Å². The standard InChI is InChI=1S/C6H10O5/c7-2-5-4(11-5)1-3(8)6(9)10/h3-5,7-8H,1-2H2,(H,9,10)/p-1/t3-,4-,5+/m1/s1. The highest BCUT2D eigenvalue weighted by atomic mass is 16.6. The molecule has 0 bridgehead atoms. The van der Waals surface area contributed by atoms with Gasteiger partial charge in [0, 0.05) is 6.42 Å². The van der Waals surface area contributed by atoms with Gasteiger partial charge in [0.15, 0.2) is 0 Å². The van der Waals surface area contributed by atoms with Crippen molar-refractivity contribution in [3.05, 3.63) is 0 Å². The summed E-state index contributed by atoms with van der Waals surface area (Å²) in [6, 6.07) is 0. The van der Waals surface area contributed by atoms with Crippen LogP contribution in [0.5, 0.6) is 0 Å². The molecule has 0 saturated carbocycles. The van der Waals surface area contributed by atoms with Crippen molar-refractivity contribution in [3.63, 3.8) is 0 Å². The molecule has 3 atom stereocenters. The van der Waals surface area contributed by atoms with E-state index in [0.29, 0.717) is 0 Å². The van der Waals surface area contributed by atoms with Crippen LogP contribution >= 0.6 is 0 Å². The molecule has 2 N–H and O–H groups in total. The molecule has 5 nitrogen and oxygen atoms in total. The molecule has 0 aromatic carbocycles. The number of aliphatic carboxylic acids is 1. The van der Waals surface area contributed by atoms with Crippen LogP contribution in [0.4, 0.5) is 0 Å². The van der Waals surface area contributed by atoms with E-state index in [2.05, 4.69) is 0 Å². The van der Waals surface area contributed by atoms with Crippen LogP contribution in [0, 0.1) is 0 Å². The molecule has 1 fully saturated rings. The summed E-state index contributed by atoms with van der Waals surface area (Å²) in [5.74, 6) is -1.50. The number of carboxylic acids is 1. The van der Waals surface area contributed by atoms with Crippen molar-refractivity contribution in [3.8, 4) is 0 Å². The Morgan fingerprint density at radius 1 is 1.64 bits per heavy atom. The highest BCUT2D eigenvalue weighted by Gasteiger charge is 2.39. The lowest BCUT2D eigenvalue weighted by Crippen LogP contribution is -2.36. The van der Waals surface area contributed by atoms with Crippen molar-refractivity contribution in [2.24, 2.45) is 0 Å². The second-order valence-electron chi connectivity index (χ2n) is 2.47. The first kappa shape index (κ1) is 8.45. The maximum atomic E-state index is 9.98. The number of carbonyl (C=O) groups is 1. The van der Waals surface area contributed by atoms with E-state index in [4.69, 9.17) is 14.9 Å². The third kappa shape index (κ3) is 2.14. The lowest BCUT2D eigenvalue weighted by Gasteiger charge is -2.08. The Labute approximate surface area is 63.2 Å². The molecule has 1 aliphatic rings. The van der Waals surface area contributed by atoms with Gasteiger partial charge < -0.3 is 24.9 Å². The molecule has 1 rings (SSSR count). The first-order valence-electron chi connectivity index (χ1n) is 3.30. The maximum absolute atomic E-state index is 9.98. The molecule has 64 valence electrons. The fraction of sp³-hybridized carbons (Fsp3) is 0.833. The molecule has 1 saturated heterocycles. The zero-order valence-corrected chi connectivity index (χ0v) is 5.77. The van der Waals surface area contributed by atoms with Crippen molar-refractivity contribution in [2.75, 3.05) is 6.61 Å². The van der Waals surface area contributed by atoms with Crippen LogP contribution in [-0.4, -0.2) is 41.1 Å². The van der Waals surface area contributed by atoms with Crippen molar-refractivity contribution in [2.45, 2.75) is 24.7 Å². The zero-order chi connectivity index (χ0) is 8.43. The summed E-state index contributed by atoms with van der Waals surface area (Å²) in [4.78, 5) is 9.98. The summed E-state index contributed by atoms with van der Waals surface area (Å²) in [5, 5.41) is 27.2. The number of carboxylic acid groups (broad SMARTS) is 1. The molecule has 1 heterocycles. The predicted molar refractivity (Wildman–Crippen MR) is 31.4 cm³/mol. The quantitative estimate of drug-likeness (QED) is 0.436. The zero-order valence-electron chi connectivity index (χ0n) is 5.77. The van der Waals surface area contributed by atoms with Gasteiger partial charge in [-0.3, -0.25) is 0 Å². The summed E-state index contributed by atoms with van der Waals surface area (Å²) in [6.45, 7) is -0.134. The Bertz CT molecular complexity index is 157. The predicted octanol–water partition coefficient (Wildman–Crippen LogP) is -2.75. The molecule has 0 aliphatic carbocycles. The first-order chi connectivity index (χ1) is 5.15. The number of rotatable bonds is 4. The van der Waals surface area contributed by atoms with E-state index in [0.717, 1.165) is 0 Å². The third-order valence-corrected chi connectivity index (χ3v) is 1.60. The van der Waals surface area contributed by atoms with E-state index < -0.39 is 12.1 Å². The van der Waals surface area contributed by atoms with Gasteiger partial charge in [-0.1, -0.05) is 0 Å². The Morgan fingerprint density at radius 2 is 2.27 bits per heavy atom. The van der Waals surface area contributed by atoms with Crippen molar-refractivity contribution >= 4 is 5.97 Å². The van der Waals surface area contributed by atoms with E-state index in [1.165, 1.54) is 0 Å². The highest BCUT2D eigenvalue weighted by molar-refractivity contribution is 5.69. The van der Waals surface area contributed by atoms with E-state index in [1.54, 1.807) is 0 Å². The van der Waals surface area contributed by atoms with Gasteiger partial charge in [0.1, 0.15) is 6.10 Å². The van der Waals surface area contributed by atoms with Gasteiger partial charge in [-0.2, -0.15) is 0 Å². The SMILES string of the molecule is O=C([O-])[C@H](O)C[C@H]1O[C@H]1CO. The number of aliphatic hydroxyl groups is 2. The van der Waals surface area contributed by atoms with Crippen molar-refractivity contribution < 1.29 is 24.9 Å². The normalized spacial score (nSPS) is 31.5.